The molecule has 1 aromatic heterocycles. The van der Waals surface area contributed by atoms with E-state index in [0.717, 1.165) is 37.6 Å². The van der Waals surface area contributed by atoms with Crippen LogP contribution in [0.5, 0.6) is 0 Å². The number of likely N-dealkylation sites (N-methyl/N-ethyl adjacent to an activating group) is 1. The van der Waals surface area contributed by atoms with E-state index in [2.05, 4.69) is 14.8 Å². The third-order valence-corrected chi connectivity index (χ3v) is 4.88. The maximum Gasteiger partial charge on any atom is 0.239 e. The van der Waals surface area contributed by atoms with Gasteiger partial charge in [-0.1, -0.05) is 18.2 Å². The van der Waals surface area contributed by atoms with E-state index >= 15 is 0 Å². The Labute approximate surface area is 154 Å². The van der Waals surface area contributed by atoms with Gasteiger partial charge in [-0.2, -0.15) is 0 Å². The fourth-order valence-corrected chi connectivity index (χ4v) is 3.34. The fourth-order valence-electron chi connectivity index (χ4n) is 3.34. The molecule has 3 rings (SSSR count). The summed E-state index contributed by atoms with van der Waals surface area (Å²) in [5.74, 6) is 0.761. The molecule has 0 radical (unpaired) electrons. The smallest absolute Gasteiger partial charge is 0.239 e. The van der Waals surface area contributed by atoms with E-state index in [9.17, 15) is 9.18 Å². The number of halogens is 1. The van der Waals surface area contributed by atoms with Crippen molar-refractivity contribution in [1.29, 1.82) is 0 Å². The number of pyridine rings is 1. The zero-order chi connectivity index (χ0) is 18.5. The number of amides is 1. The van der Waals surface area contributed by atoms with Gasteiger partial charge in [-0.15, -0.1) is 0 Å². The Bertz CT molecular complexity index is 732. The molecule has 0 N–H and O–H groups in total. The van der Waals surface area contributed by atoms with Crippen molar-refractivity contribution in [3.05, 3.63) is 60.0 Å². The van der Waals surface area contributed by atoms with Crippen molar-refractivity contribution in [1.82, 2.24) is 14.8 Å². The number of benzene rings is 1. The Morgan fingerprint density at radius 1 is 1.19 bits per heavy atom. The Morgan fingerprint density at radius 2 is 1.96 bits per heavy atom. The van der Waals surface area contributed by atoms with Crippen LogP contribution in [-0.4, -0.2) is 60.0 Å². The average molecular weight is 356 g/mol. The topological polar surface area (TPSA) is 39.7 Å². The highest BCUT2D eigenvalue weighted by Gasteiger charge is 2.27. The molecule has 1 aromatic carbocycles. The van der Waals surface area contributed by atoms with Crippen molar-refractivity contribution in [2.45, 2.75) is 19.5 Å². The summed E-state index contributed by atoms with van der Waals surface area (Å²) in [6, 6.07) is 12.1. The summed E-state index contributed by atoms with van der Waals surface area (Å²) in [4.78, 5) is 23.2. The van der Waals surface area contributed by atoms with E-state index in [1.807, 2.05) is 31.2 Å². The second-order valence-corrected chi connectivity index (χ2v) is 6.71. The van der Waals surface area contributed by atoms with Crippen LogP contribution < -0.4 is 4.90 Å². The minimum atomic E-state index is -0.276. The zero-order valence-electron chi connectivity index (χ0n) is 15.3. The largest absolute Gasteiger partial charge is 0.354 e. The van der Waals surface area contributed by atoms with E-state index in [1.165, 1.54) is 12.1 Å². The van der Waals surface area contributed by atoms with Crippen LogP contribution in [0.15, 0.2) is 48.7 Å². The maximum absolute atomic E-state index is 13.3. The Morgan fingerprint density at radius 3 is 2.62 bits per heavy atom. The molecule has 1 aliphatic heterocycles. The summed E-state index contributed by atoms with van der Waals surface area (Å²) >= 11 is 0. The van der Waals surface area contributed by atoms with Crippen molar-refractivity contribution in [2.24, 2.45) is 0 Å². The molecule has 1 fully saturated rings. The van der Waals surface area contributed by atoms with E-state index < -0.39 is 0 Å². The van der Waals surface area contributed by atoms with Gasteiger partial charge in [0.15, 0.2) is 0 Å². The molecule has 26 heavy (non-hydrogen) atoms. The minimum absolute atomic E-state index is 0.0561. The van der Waals surface area contributed by atoms with Gasteiger partial charge in [0.25, 0.3) is 0 Å². The lowest BCUT2D eigenvalue weighted by Gasteiger charge is -2.39. The fraction of sp³-hybridized carbons (Fsp3) is 0.400. The van der Waals surface area contributed by atoms with Crippen LogP contribution in [0.1, 0.15) is 12.5 Å². The van der Waals surface area contributed by atoms with Gasteiger partial charge in [0, 0.05) is 46.0 Å². The molecule has 138 valence electrons. The summed E-state index contributed by atoms with van der Waals surface area (Å²) < 4.78 is 13.3. The highest BCUT2D eigenvalue weighted by molar-refractivity contribution is 5.81. The number of rotatable bonds is 5. The van der Waals surface area contributed by atoms with E-state index in [4.69, 9.17) is 0 Å². The van der Waals surface area contributed by atoms with E-state index in [-0.39, 0.29) is 17.8 Å². The number of carbonyl (C=O) groups is 1. The van der Waals surface area contributed by atoms with Gasteiger partial charge in [-0.3, -0.25) is 9.69 Å². The predicted octanol–water partition coefficient (Wildman–Crippen LogP) is 2.39. The monoisotopic (exact) mass is 356 g/mol. The molecular formula is C20H25FN4O. The van der Waals surface area contributed by atoms with Crippen molar-refractivity contribution in [3.63, 3.8) is 0 Å². The third-order valence-electron chi connectivity index (χ3n) is 4.88. The molecule has 0 aliphatic carbocycles. The summed E-state index contributed by atoms with van der Waals surface area (Å²) in [7, 11) is 1.77. The van der Waals surface area contributed by atoms with Crippen LogP contribution in [0.4, 0.5) is 10.2 Å². The first-order valence-corrected chi connectivity index (χ1v) is 8.94. The molecular weight excluding hydrogens is 331 g/mol. The summed E-state index contributed by atoms with van der Waals surface area (Å²) in [6.07, 6.45) is 1.80. The summed E-state index contributed by atoms with van der Waals surface area (Å²) in [6.45, 7) is 5.69. The van der Waals surface area contributed by atoms with Gasteiger partial charge >= 0.3 is 0 Å². The van der Waals surface area contributed by atoms with Crippen LogP contribution in [0, 0.1) is 5.82 Å². The van der Waals surface area contributed by atoms with E-state index in [1.54, 1.807) is 24.2 Å². The van der Waals surface area contributed by atoms with Crippen LogP contribution in [-0.2, 0) is 11.3 Å². The standard InChI is InChI=1S/C20H25FN4O/c1-16(20(26)23(2)15-17-6-5-7-18(21)14-17)24-10-12-25(13-11-24)19-8-3-4-9-22-19/h3-9,14,16H,10-13,15H2,1-2H3/t16-/m0/s1. The maximum atomic E-state index is 13.3. The van der Waals surface area contributed by atoms with Crippen molar-refractivity contribution >= 4 is 11.7 Å². The molecule has 0 spiro atoms. The molecule has 2 aromatic rings. The van der Waals surface area contributed by atoms with Crippen LogP contribution in [0.3, 0.4) is 0 Å². The van der Waals surface area contributed by atoms with Crippen molar-refractivity contribution < 1.29 is 9.18 Å². The lowest BCUT2D eigenvalue weighted by atomic mass is 10.1. The number of piperazine rings is 1. The minimum Gasteiger partial charge on any atom is -0.354 e. The van der Waals surface area contributed by atoms with Crippen molar-refractivity contribution in [3.8, 4) is 0 Å². The number of nitrogens with zero attached hydrogens (tertiary/aromatic N) is 4. The second kappa shape index (κ2) is 8.27. The SMILES string of the molecule is C[C@@H](C(=O)N(C)Cc1cccc(F)c1)N1CCN(c2ccccn2)CC1. The Balaban J connectivity index is 1.54. The molecule has 0 unspecified atom stereocenters. The Kier molecular flexibility index (Phi) is 5.83. The highest BCUT2D eigenvalue weighted by Crippen LogP contribution is 2.15. The number of aromatic nitrogens is 1. The molecule has 1 atom stereocenters. The van der Waals surface area contributed by atoms with Crippen LogP contribution >= 0.6 is 0 Å². The molecule has 1 saturated heterocycles. The molecule has 1 aliphatic rings. The van der Waals surface area contributed by atoms with Gasteiger partial charge in [0.05, 0.1) is 6.04 Å². The zero-order valence-corrected chi connectivity index (χ0v) is 15.3. The quantitative estimate of drug-likeness (QED) is 0.825. The molecule has 6 heteroatoms. The number of anilines is 1. The molecule has 5 nitrogen and oxygen atoms in total. The molecule has 2 heterocycles. The average Bonchev–Trinajstić information content (AvgIpc) is 2.67. The highest BCUT2D eigenvalue weighted by atomic mass is 19.1. The molecule has 0 saturated carbocycles. The molecule has 1 amide bonds. The van der Waals surface area contributed by atoms with Gasteiger partial charge < -0.3 is 9.80 Å². The lowest BCUT2D eigenvalue weighted by molar-refractivity contribution is -0.135. The summed E-state index contributed by atoms with van der Waals surface area (Å²) in [5.41, 5.74) is 0.799. The van der Waals surface area contributed by atoms with Crippen LogP contribution in [0.25, 0.3) is 0 Å². The van der Waals surface area contributed by atoms with Crippen LogP contribution in [0.2, 0.25) is 0 Å². The first-order chi connectivity index (χ1) is 12.5. The third kappa shape index (κ3) is 4.38. The Hall–Kier alpha value is -2.47. The van der Waals surface area contributed by atoms with Gasteiger partial charge in [0.1, 0.15) is 11.6 Å². The number of hydrogen-bond acceptors (Lipinski definition) is 4. The summed E-state index contributed by atoms with van der Waals surface area (Å²) in [5, 5.41) is 0. The van der Waals surface area contributed by atoms with Gasteiger partial charge in [-0.25, -0.2) is 9.37 Å². The molecule has 0 bridgehead atoms. The van der Waals surface area contributed by atoms with Gasteiger partial charge in [0.2, 0.25) is 5.91 Å². The number of hydrogen-bond donors (Lipinski definition) is 0. The first-order valence-electron chi connectivity index (χ1n) is 8.94. The van der Waals surface area contributed by atoms with Crippen molar-refractivity contribution in [2.75, 3.05) is 38.1 Å². The van der Waals surface area contributed by atoms with E-state index in [0.29, 0.717) is 6.54 Å². The normalized spacial score (nSPS) is 16.3. The lowest BCUT2D eigenvalue weighted by Crippen LogP contribution is -2.54. The number of carbonyl (C=O) groups excluding carboxylic acids is 1. The van der Waals surface area contributed by atoms with Gasteiger partial charge in [-0.05, 0) is 36.8 Å². The second-order valence-electron chi connectivity index (χ2n) is 6.71. The predicted molar refractivity (Wildman–Crippen MR) is 100 cm³/mol. The first kappa shape index (κ1) is 18.3.